The summed E-state index contributed by atoms with van der Waals surface area (Å²) in [6.07, 6.45) is 3.56. The quantitative estimate of drug-likeness (QED) is 0.716. The van der Waals surface area contributed by atoms with Crippen LogP contribution in [0.1, 0.15) is 31.7 Å². The fourth-order valence-corrected chi connectivity index (χ4v) is 2.52. The van der Waals surface area contributed by atoms with E-state index in [9.17, 15) is 9.90 Å². The molecule has 3 aromatic rings. The largest absolute Gasteiger partial charge is 0.494 e. The summed E-state index contributed by atoms with van der Waals surface area (Å²) in [7, 11) is 0. The second kappa shape index (κ2) is 5.00. The number of hydrogen-bond acceptors (Lipinski definition) is 3. The van der Waals surface area contributed by atoms with E-state index in [4.69, 9.17) is 0 Å². The molecular weight excluding hydrogens is 254 g/mol. The standard InChI is InChI=1S/C15H17N3O2/c1-2-3-4-7-10-13(19)17-15-16-11-8-5-6-9-12(11)18(15)14(10)20/h5-6,8-9,20H,2-4,7H2,1H3,(H,16,17,19). The molecule has 0 radical (unpaired) electrons. The number of nitrogens with one attached hydrogen (secondary N) is 1. The Morgan fingerprint density at radius 1 is 1.30 bits per heavy atom. The van der Waals surface area contributed by atoms with Crippen LogP contribution in [0.15, 0.2) is 29.1 Å². The Hall–Kier alpha value is -2.30. The van der Waals surface area contributed by atoms with Gasteiger partial charge in [0.15, 0.2) is 0 Å². The zero-order valence-corrected chi connectivity index (χ0v) is 11.4. The van der Waals surface area contributed by atoms with Gasteiger partial charge >= 0.3 is 0 Å². The van der Waals surface area contributed by atoms with E-state index in [1.807, 2.05) is 24.3 Å². The van der Waals surface area contributed by atoms with Crippen LogP contribution in [0.5, 0.6) is 5.88 Å². The van der Waals surface area contributed by atoms with Crippen molar-refractivity contribution in [3.8, 4) is 5.88 Å². The molecule has 0 bridgehead atoms. The average Bonchev–Trinajstić information content (AvgIpc) is 2.80. The topological polar surface area (TPSA) is 70.4 Å². The van der Waals surface area contributed by atoms with Crippen molar-refractivity contribution in [3.63, 3.8) is 0 Å². The number of H-pyrrole nitrogens is 1. The number of hydrogen-bond donors (Lipinski definition) is 2. The first kappa shape index (κ1) is 12.7. The van der Waals surface area contributed by atoms with Gasteiger partial charge in [-0.05, 0) is 25.0 Å². The van der Waals surface area contributed by atoms with Crippen LogP contribution in [-0.4, -0.2) is 19.5 Å². The van der Waals surface area contributed by atoms with Crippen molar-refractivity contribution in [1.82, 2.24) is 14.4 Å². The van der Waals surface area contributed by atoms with Gasteiger partial charge in [-0.2, -0.15) is 4.98 Å². The van der Waals surface area contributed by atoms with Crippen LogP contribution in [-0.2, 0) is 6.42 Å². The summed E-state index contributed by atoms with van der Waals surface area (Å²) in [6, 6.07) is 7.57. The maximum absolute atomic E-state index is 12.0. The van der Waals surface area contributed by atoms with Crippen LogP contribution in [0.2, 0.25) is 0 Å². The number of aromatic nitrogens is 3. The zero-order valence-electron chi connectivity index (χ0n) is 11.4. The van der Waals surface area contributed by atoms with Crippen molar-refractivity contribution in [1.29, 1.82) is 0 Å². The molecular formula is C15H17N3O2. The number of fused-ring (bicyclic) bond motifs is 3. The molecule has 5 heteroatoms. The van der Waals surface area contributed by atoms with E-state index in [1.54, 1.807) is 4.40 Å². The minimum atomic E-state index is -0.342. The van der Waals surface area contributed by atoms with Crippen molar-refractivity contribution < 1.29 is 5.11 Å². The van der Waals surface area contributed by atoms with E-state index in [-0.39, 0.29) is 11.4 Å². The summed E-state index contributed by atoms with van der Waals surface area (Å²) < 4.78 is 1.61. The second-order valence-corrected chi connectivity index (χ2v) is 4.98. The zero-order chi connectivity index (χ0) is 14.1. The van der Waals surface area contributed by atoms with E-state index in [0.29, 0.717) is 17.8 Å². The normalized spacial score (nSPS) is 11.4. The lowest BCUT2D eigenvalue weighted by Gasteiger charge is -2.05. The predicted molar refractivity (Wildman–Crippen MR) is 78.2 cm³/mol. The molecule has 20 heavy (non-hydrogen) atoms. The molecule has 0 unspecified atom stereocenters. The van der Waals surface area contributed by atoms with E-state index < -0.39 is 0 Å². The van der Waals surface area contributed by atoms with Gasteiger partial charge in [0.05, 0.1) is 16.6 Å². The number of imidazole rings is 1. The van der Waals surface area contributed by atoms with Crippen LogP contribution in [0.3, 0.4) is 0 Å². The average molecular weight is 271 g/mol. The molecule has 0 aliphatic carbocycles. The van der Waals surface area contributed by atoms with Gasteiger partial charge < -0.3 is 10.1 Å². The van der Waals surface area contributed by atoms with E-state index in [2.05, 4.69) is 16.9 Å². The van der Waals surface area contributed by atoms with Gasteiger partial charge in [0.1, 0.15) is 0 Å². The first-order chi connectivity index (χ1) is 9.72. The van der Waals surface area contributed by atoms with Crippen LogP contribution >= 0.6 is 0 Å². The predicted octanol–water partition coefficient (Wildman–Crippen LogP) is 2.61. The third-order valence-corrected chi connectivity index (χ3v) is 3.58. The van der Waals surface area contributed by atoms with Crippen molar-refractivity contribution in [2.45, 2.75) is 32.6 Å². The Kier molecular flexibility index (Phi) is 3.18. The Balaban J connectivity index is 2.21. The van der Waals surface area contributed by atoms with E-state index in [1.165, 1.54) is 0 Å². The molecule has 5 nitrogen and oxygen atoms in total. The van der Waals surface area contributed by atoms with Crippen molar-refractivity contribution in [2.75, 3.05) is 0 Å². The molecule has 2 N–H and O–H groups in total. The van der Waals surface area contributed by atoms with Crippen LogP contribution in [0, 0.1) is 0 Å². The highest BCUT2D eigenvalue weighted by atomic mass is 16.3. The summed E-state index contributed by atoms with van der Waals surface area (Å²) in [5.41, 5.74) is 1.73. The minimum Gasteiger partial charge on any atom is -0.494 e. The Morgan fingerprint density at radius 2 is 2.10 bits per heavy atom. The molecule has 2 heterocycles. The van der Waals surface area contributed by atoms with Gasteiger partial charge in [-0.15, -0.1) is 0 Å². The molecule has 104 valence electrons. The molecule has 0 atom stereocenters. The molecule has 2 aromatic heterocycles. The number of aromatic hydroxyl groups is 1. The molecule has 0 saturated heterocycles. The molecule has 0 aliphatic rings. The number of aromatic amines is 1. The van der Waals surface area contributed by atoms with Gasteiger partial charge in [0, 0.05) is 0 Å². The number of nitrogens with zero attached hydrogens (tertiary/aromatic N) is 2. The maximum Gasteiger partial charge on any atom is 0.281 e. The van der Waals surface area contributed by atoms with E-state index >= 15 is 0 Å². The Morgan fingerprint density at radius 3 is 2.90 bits per heavy atom. The second-order valence-electron chi connectivity index (χ2n) is 4.98. The Bertz CT molecular complexity index is 817. The summed E-state index contributed by atoms with van der Waals surface area (Å²) >= 11 is 0. The lowest BCUT2D eigenvalue weighted by atomic mass is 10.1. The summed E-state index contributed by atoms with van der Waals surface area (Å²) in [4.78, 5) is 19.1. The van der Waals surface area contributed by atoms with Gasteiger partial charge in [-0.3, -0.25) is 4.79 Å². The molecule has 3 rings (SSSR count). The number of benzene rings is 1. The van der Waals surface area contributed by atoms with Crippen LogP contribution < -0.4 is 5.56 Å². The van der Waals surface area contributed by atoms with E-state index in [0.717, 1.165) is 30.3 Å². The smallest absolute Gasteiger partial charge is 0.281 e. The minimum absolute atomic E-state index is 0.00792. The van der Waals surface area contributed by atoms with Crippen molar-refractivity contribution >= 4 is 16.8 Å². The Labute approximate surface area is 115 Å². The molecule has 0 saturated carbocycles. The molecule has 0 aliphatic heterocycles. The third-order valence-electron chi connectivity index (χ3n) is 3.58. The first-order valence-electron chi connectivity index (χ1n) is 6.93. The van der Waals surface area contributed by atoms with Crippen molar-refractivity contribution in [3.05, 3.63) is 40.2 Å². The highest BCUT2D eigenvalue weighted by Crippen LogP contribution is 2.22. The molecule has 0 spiro atoms. The molecule has 0 amide bonds. The van der Waals surface area contributed by atoms with Gasteiger partial charge in [-0.25, -0.2) is 4.40 Å². The molecule has 1 aromatic carbocycles. The third kappa shape index (κ3) is 1.95. The number of para-hydroxylation sites is 2. The summed E-state index contributed by atoms with van der Waals surface area (Å²) in [6.45, 7) is 2.10. The molecule has 0 fully saturated rings. The highest BCUT2D eigenvalue weighted by molar-refractivity contribution is 5.80. The van der Waals surface area contributed by atoms with Crippen LogP contribution in [0.4, 0.5) is 0 Å². The maximum atomic E-state index is 12.0. The number of rotatable bonds is 4. The van der Waals surface area contributed by atoms with Gasteiger partial charge in [0.25, 0.3) is 5.56 Å². The van der Waals surface area contributed by atoms with Crippen molar-refractivity contribution in [2.24, 2.45) is 0 Å². The lowest BCUT2D eigenvalue weighted by Crippen LogP contribution is -2.15. The summed E-state index contributed by atoms with van der Waals surface area (Å²) in [5.74, 6) is 0.390. The van der Waals surface area contributed by atoms with Gasteiger partial charge in [-0.1, -0.05) is 31.9 Å². The fraction of sp³-hybridized carbons (Fsp3) is 0.333. The fourth-order valence-electron chi connectivity index (χ4n) is 2.52. The van der Waals surface area contributed by atoms with Gasteiger partial charge in [0.2, 0.25) is 11.7 Å². The summed E-state index contributed by atoms with van der Waals surface area (Å²) in [5, 5.41) is 10.4. The number of unbranched alkanes of at least 4 members (excludes halogenated alkanes) is 2. The van der Waals surface area contributed by atoms with Crippen LogP contribution in [0.25, 0.3) is 16.8 Å². The lowest BCUT2D eigenvalue weighted by molar-refractivity contribution is 0.436. The SMILES string of the molecule is CCCCCc1c(O)n2c(nc1=O)[nH]c1ccccc12. The highest BCUT2D eigenvalue weighted by Gasteiger charge is 2.15. The monoisotopic (exact) mass is 271 g/mol. The first-order valence-corrected chi connectivity index (χ1v) is 6.93.